The van der Waals surface area contributed by atoms with E-state index >= 15 is 0 Å². The molecule has 0 radical (unpaired) electrons. The third kappa shape index (κ3) is 3.98. The Morgan fingerprint density at radius 1 is 0.933 bits per heavy atom. The van der Waals surface area contributed by atoms with Crippen LogP contribution in [0.15, 0.2) is 48.5 Å². The second-order valence-corrected chi connectivity index (χ2v) is 8.12. The summed E-state index contributed by atoms with van der Waals surface area (Å²) in [6.07, 6.45) is 2.50. The fourth-order valence-electron chi connectivity index (χ4n) is 4.12. The molecule has 30 heavy (non-hydrogen) atoms. The van der Waals surface area contributed by atoms with E-state index in [2.05, 4.69) is 5.32 Å². The van der Waals surface area contributed by atoms with Crippen molar-refractivity contribution < 1.29 is 19.1 Å². The van der Waals surface area contributed by atoms with E-state index in [0.29, 0.717) is 61.7 Å². The molecule has 156 valence electrons. The smallest absolute Gasteiger partial charge is 0.235 e. The van der Waals surface area contributed by atoms with Crippen molar-refractivity contribution in [3.8, 4) is 0 Å². The molecular formula is C23H23ClN2O4. The second kappa shape index (κ2) is 8.58. The van der Waals surface area contributed by atoms with Crippen LogP contribution in [0.5, 0.6) is 0 Å². The monoisotopic (exact) mass is 426 g/mol. The van der Waals surface area contributed by atoms with E-state index in [4.69, 9.17) is 16.3 Å². The van der Waals surface area contributed by atoms with Crippen molar-refractivity contribution in [2.45, 2.75) is 37.5 Å². The SMILES string of the molecule is O=C1CCCC(=O)N1c1ccc(NC(=O)C2(c3ccc(Cl)cc3)CCOCC2)cc1. The Kier molecular flexibility index (Phi) is 5.88. The van der Waals surface area contributed by atoms with Gasteiger partial charge in [-0.05, 0) is 61.2 Å². The molecule has 6 nitrogen and oxygen atoms in total. The van der Waals surface area contributed by atoms with Crippen LogP contribution in [0.4, 0.5) is 11.4 Å². The number of piperidine rings is 1. The number of hydrogen-bond donors (Lipinski definition) is 1. The molecule has 1 N–H and O–H groups in total. The van der Waals surface area contributed by atoms with Gasteiger partial charge in [-0.1, -0.05) is 23.7 Å². The first kappa shape index (κ1) is 20.6. The normalized spacial score (nSPS) is 18.9. The van der Waals surface area contributed by atoms with E-state index in [-0.39, 0.29) is 17.7 Å². The quantitative estimate of drug-likeness (QED) is 0.748. The molecule has 2 heterocycles. The van der Waals surface area contributed by atoms with Crippen molar-refractivity contribution in [2.24, 2.45) is 0 Å². The maximum absolute atomic E-state index is 13.3. The molecule has 0 unspecified atom stereocenters. The van der Waals surface area contributed by atoms with Crippen LogP contribution in [0.25, 0.3) is 0 Å². The number of nitrogens with one attached hydrogen (secondary N) is 1. The van der Waals surface area contributed by atoms with Crippen LogP contribution in [0.1, 0.15) is 37.7 Å². The first-order valence-electron chi connectivity index (χ1n) is 10.1. The van der Waals surface area contributed by atoms with Gasteiger partial charge in [0, 0.05) is 36.8 Å². The van der Waals surface area contributed by atoms with Crippen molar-refractivity contribution in [2.75, 3.05) is 23.4 Å². The van der Waals surface area contributed by atoms with Crippen LogP contribution >= 0.6 is 11.6 Å². The van der Waals surface area contributed by atoms with E-state index in [1.54, 1.807) is 36.4 Å². The summed E-state index contributed by atoms with van der Waals surface area (Å²) in [6, 6.07) is 14.2. The summed E-state index contributed by atoms with van der Waals surface area (Å²) in [4.78, 5) is 38.8. The molecule has 0 aromatic heterocycles. The van der Waals surface area contributed by atoms with Gasteiger partial charge in [-0.15, -0.1) is 0 Å². The van der Waals surface area contributed by atoms with Crippen LogP contribution in [-0.2, 0) is 24.5 Å². The Bertz CT molecular complexity index is 934. The molecule has 2 fully saturated rings. The van der Waals surface area contributed by atoms with Crippen LogP contribution in [0, 0.1) is 0 Å². The topological polar surface area (TPSA) is 75.7 Å². The minimum absolute atomic E-state index is 0.106. The number of ether oxygens (including phenoxy) is 1. The highest BCUT2D eigenvalue weighted by molar-refractivity contribution is 6.30. The lowest BCUT2D eigenvalue weighted by Gasteiger charge is -2.36. The summed E-state index contributed by atoms with van der Waals surface area (Å²) >= 11 is 6.03. The van der Waals surface area contributed by atoms with Crippen LogP contribution < -0.4 is 10.2 Å². The minimum Gasteiger partial charge on any atom is -0.381 e. The van der Waals surface area contributed by atoms with Gasteiger partial charge in [0.1, 0.15) is 0 Å². The van der Waals surface area contributed by atoms with Crippen LogP contribution in [0.3, 0.4) is 0 Å². The highest BCUT2D eigenvalue weighted by Gasteiger charge is 2.41. The molecule has 4 rings (SSSR count). The van der Waals surface area contributed by atoms with Crippen molar-refractivity contribution in [1.82, 2.24) is 0 Å². The number of nitrogens with zero attached hydrogens (tertiary/aromatic N) is 1. The number of anilines is 2. The summed E-state index contributed by atoms with van der Waals surface area (Å²) in [7, 11) is 0. The number of halogens is 1. The van der Waals surface area contributed by atoms with Gasteiger partial charge in [0.25, 0.3) is 0 Å². The molecule has 2 aromatic rings. The highest BCUT2D eigenvalue weighted by Crippen LogP contribution is 2.37. The van der Waals surface area contributed by atoms with Gasteiger partial charge in [0.15, 0.2) is 0 Å². The third-order valence-corrected chi connectivity index (χ3v) is 6.09. The Balaban J connectivity index is 1.55. The van der Waals surface area contributed by atoms with Crippen molar-refractivity contribution in [3.05, 3.63) is 59.1 Å². The molecule has 2 saturated heterocycles. The Hall–Kier alpha value is -2.70. The number of hydrogen-bond acceptors (Lipinski definition) is 4. The molecule has 0 atom stereocenters. The molecule has 2 aliphatic heterocycles. The number of amides is 3. The molecule has 0 aliphatic carbocycles. The fourth-order valence-corrected chi connectivity index (χ4v) is 4.25. The molecular weight excluding hydrogens is 404 g/mol. The Morgan fingerprint density at radius 3 is 2.13 bits per heavy atom. The van der Waals surface area contributed by atoms with Gasteiger partial charge in [-0.2, -0.15) is 0 Å². The Labute approximate surface area is 180 Å². The predicted octanol–water partition coefficient (Wildman–Crippen LogP) is 4.07. The molecule has 0 spiro atoms. The summed E-state index contributed by atoms with van der Waals surface area (Å²) in [6.45, 7) is 1.02. The largest absolute Gasteiger partial charge is 0.381 e. The average Bonchev–Trinajstić information content (AvgIpc) is 2.76. The standard InChI is InChI=1S/C23H23ClN2O4/c24-17-6-4-16(5-7-17)23(12-14-30-15-13-23)22(29)25-18-8-10-19(11-9-18)26-20(27)2-1-3-21(26)28/h4-11H,1-3,12-15H2,(H,25,29). The summed E-state index contributed by atoms with van der Waals surface area (Å²) in [5, 5.41) is 3.63. The van der Waals surface area contributed by atoms with E-state index in [1.807, 2.05) is 12.1 Å². The average molecular weight is 427 g/mol. The van der Waals surface area contributed by atoms with Crippen molar-refractivity contribution >= 4 is 40.7 Å². The van der Waals surface area contributed by atoms with Gasteiger partial charge < -0.3 is 10.1 Å². The highest BCUT2D eigenvalue weighted by atomic mass is 35.5. The zero-order valence-electron chi connectivity index (χ0n) is 16.5. The second-order valence-electron chi connectivity index (χ2n) is 7.68. The number of carbonyl (C=O) groups excluding carboxylic acids is 3. The molecule has 0 saturated carbocycles. The van der Waals surface area contributed by atoms with E-state index in [9.17, 15) is 14.4 Å². The summed E-state index contributed by atoms with van der Waals surface area (Å²) in [5.74, 6) is -0.482. The zero-order valence-corrected chi connectivity index (χ0v) is 17.3. The minimum atomic E-state index is -0.694. The van der Waals surface area contributed by atoms with Gasteiger partial charge in [0.05, 0.1) is 11.1 Å². The van der Waals surface area contributed by atoms with E-state index in [1.165, 1.54) is 4.90 Å². The molecule has 0 bridgehead atoms. The predicted molar refractivity (Wildman–Crippen MR) is 115 cm³/mol. The van der Waals surface area contributed by atoms with Crippen LogP contribution in [-0.4, -0.2) is 30.9 Å². The lowest BCUT2D eigenvalue weighted by Crippen LogP contribution is -2.44. The van der Waals surface area contributed by atoms with Gasteiger partial charge >= 0.3 is 0 Å². The van der Waals surface area contributed by atoms with E-state index in [0.717, 1.165) is 5.56 Å². The van der Waals surface area contributed by atoms with Gasteiger partial charge in [0.2, 0.25) is 17.7 Å². The van der Waals surface area contributed by atoms with Gasteiger partial charge in [-0.25, -0.2) is 0 Å². The lowest BCUT2D eigenvalue weighted by atomic mass is 9.73. The number of rotatable bonds is 4. The fraction of sp³-hybridized carbons (Fsp3) is 0.348. The molecule has 2 aliphatic rings. The maximum atomic E-state index is 13.3. The first-order chi connectivity index (χ1) is 14.5. The van der Waals surface area contributed by atoms with E-state index < -0.39 is 5.41 Å². The first-order valence-corrected chi connectivity index (χ1v) is 10.5. The van der Waals surface area contributed by atoms with Crippen molar-refractivity contribution in [1.29, 1.82) is 0 Å². The van der Waals surface area contributed by atoms with Gasteiger partial charge in [-0.3, -0.25) is 19.3 Å². The zero-order chi connectivity index (χ0) is 21.1. The third-order valence-electron chi connectivity index (χ3n) is 5.84. The maximum Gasteiger partial charge on any atom is 0.235 e. The molecule has 3 amide bonds. The molecule has 7 heteroatoms. The Morgan fingerprint density at radius 2 is 1.53 bits per heavy atom. The number of benzene rings is 2. The number of imide groups is 1. The summed E-state index contributed by atoms with van der Waals surface area (Å²) < 4.78 is 5.50. The van der Waals surface area contributed by atoms with Crippen LogP contribution in [0.2, 0.25) is 5.02 Å². The summed E-state index contributed by atoms with van der Waals surface area (Å²) in [5.41, 5.74) is 1.36. The van der Waals surface area contributed by atoms with Crippen molar-refractivity contribution in [3.63, 3.8) is 0 Å². The lowest BCUT2D eigenvalue weighted by molar-refractivity contribution is -0.129. The number of carbonyl (C=O) groups is 3. The molecule has 2 aromatic carbocycles.